The van der Waals surface area contributed by atoms with E-state index in [1.54, 1.807) is 19.1 Å². The summed E-state index contributed by atoms with van der Waals surface area (Å²) in [6.07, 6.45) is -4.16. The average molecular weight is 618 g/mol. The molecule has 3 N–H and O–H groups in total. The summed E-state index contributed by atoms with van der Waals surface area (Å²) in [5.41, 5.74) is 7.72. The van der Waals surface area contributed by atoms with Crippen LogP contribution in [0.3, 0.4) is 0 Å². The Kier molecular flexibility index (Phi) is 9.03. The summed E-state index contributed by atoms with van der Waals surface area (Å²) in [5.74, 6) is -0.324. The third kappa shape index (κ3) is 6.99. The van der Waals surface area contributed by atoms with E-state index in [4.69, 9.17) is 26.8 Å². The highest BCUT2D eigenvalue weighted by Gasteiger charge is 2.46. The Morgan fingerprint density at radius 1 is 1.16 bits per heavy atom. The Hall–Kier alpha value is -3.57. The number of hydrogen-bond donors (Lipinski definition) is 2. The van der Waals surface area contributed by atoms with Crippen molar-refractivity contribution in [1.29, 1.82) is 0 Å². The van der Waals surface area contributed by atoms with Crippen LogP contribution < -0.4 is 20.7 Å². The number of carbonyl (C=O) groups excluding carboxylic acids is 1. The normalized spacial score (nSPS) is 18.9. The predicted molar refractivity (Wildman–Crippen MR) is 159 cm³/mol. The SMILES string of the molecule is CCOC(=O)C1CC2(CCN(c3cc(O[C@H](c4ccc(Cl)cc4-c4cccc(CC)c4)C(F)(F)F)nc(N)n3)CC2)CN1. The lowest BCUT2D eigenvalue weighted by molar-refractivity contribution is -0.198. The van der Waals surface area contributed by atoms with Gasteiger partial charge < -0.3 is 25.4 Å². The summed E-state index contributed by atoms with van der Waals surface area (Å²) in [5, 5.41) is 3.59. The van der Waals surface area contributed by atoms with Crippen LogP contribution in [0, 0.1) is 5.41 Å². The zero-order chi connectivity index (χ0) is 30.8. The molecule has 0 bridgehead atoms. The van der Waals surface area contributed by atoms with Gasteiger partial charge in [-0.1, -0.05) is 48.9 Å². The quantitative estimate of drug-likeness (QED) is 0.291. The Morgan fingerprint density at radius 2 is 1.93 bits per heavy atom. The summed E-state index contributed by atoms with van der Waals surface area (Å²) >= 11 is 6.24. The van der Waals surface area contributed by atoms with Gasteiger partial charge in [-0.3, -0.25) is 4.79 Å². The van der Waals surface area contributed by atoms with Gasteiger partial charge in [-0.15, -0.1) is 0 Å². The number of alkyl halides is 3. The van der Waals surface area contributed by atoms with Crippen molar-refractivity contribution in [3.05, 3.63) is 64.7 Å². The molecular formula is C31H35ClF3N5O3. The molecule has 1 spiro atoms. The van der Waals surface area contributed by atoms with Crippen LogP contribution in [-0.4, -0.2) is 54.4 Å². The number of carbonyl (C=O) groups is 1. The molecule has 3 aromatic rings. The third-order valence-electron chi connectivity index (χ3n) is 8.27. The number of nitrogens with zero attached hydrogens (tertiary/aromatic N) is 3. The molecule has 2 aliphatic heterocycles. The van der Waals surface area contributed by atoms with Gasteiger partial charge in [-0.2, -0.15) is 23.1 Å². The molecular weight excluding hydrogens is 583 g/mol. The molecule has 5 rings (SSSR count). The number of ether oxygens (including phenoxy) is 2. The van der Waals surface area contributed by atoms with Crippen LogP contribution in [0.2, 0.25) is 5.02 Å². The van der Waals surface area contributed by atoms with Crippen molar-refractivity contribution < 1.29 is 27.4 Å². The van der Waals surface area contributed by atoms with Gasteiger partial charge in [0.25, 0.3) is 0 Å². The number of piperidine rings is 1. The first kappa shape index (κ1) is 30.9. The minimum absolute atomic E-state index is 0.0622. The summed E-state index contributed by atoms with van der Waals surface area (Å²) in [4.78, 5) is 22.5. The summed E-state index contributed by atoms with van der Waals surface area (Å²) in [7, 11) is 0. The summed E-state index contributed by atoms with van der Waals surface area (Å²) < 4.78 is 54.6. The van der Waals surface area contributed by atoms with Gasteiger partial charge in [0, 0.05) is 36.3 Å². The monoisotopic (exact) mass is 617 g/mol. The van der Waals surface area contributed by atoms with Crippen molar-refractivity contribution in [1.82, 2.24) is 15.3 Å². The molecule has 0 saturated carbocycles. The van der Waals surface area contributed by atoms with Crippen molar-refractivity contribution in [3.63, 3.8) is 0 Å². The molecule has 0 aliphatic carbocycles. The maximum Gasteiger partial charge on any atom is 0.429 e. The molecule has 8 nitrogen and oxygen atoms in total. The fourth-order valence-corrected chi connectivity index (χ4v) is 6.14. The lowest BCUT2D eigenvalue weighted by Crippen LogP contribution is -2.41. The van der Waals surface area contributed by atoms with E-state index in [1.165, 1.54) is 24.3 Å². The molecule has 12 heteroatoms. The molecule has 2 atom stereocenters. The number of nitrogen functional groups attached to an aromatic ring is 1. The molecule has 3 heterocycles. The minimum Gasteiger partial charge on any atom is -0.465 e. The number of nitrogens with two attached hydrogens (primary N) is 1. The second-order valence-corrected chi connectivity index (χ2v) is 11.6. The topological polar surface area (TPSA) is 103 Å². The first-order valence-electron chi connectivity index (χ1n) is 14.4. The maximum absolute atomic E-state index is 14.6. The zero-order valence-electron chi connectivity index (χ0n) is 24.1. The van der Waals surface area contributed by atoms with Crippen molar-refractivity contribution in [2.75, 3.05) is 36.9 Å². The lowest BCUT2D eigenvalue weighted by Gasteiger charge is -2.39. The first-order valence-corrected chi connectivity index (χ1v) is 14.8. The highest BCUT2D eigenvalue weighted by molar-refractivity contribution is 6.30. The van der Waals surface area contributed by atoms with Crippen molar-refractivity contribution in [3.8, 4) is 17.0 Å². The number of nitrogens with one attached hydrogen (secondary N) is 1. The third-order valence-corrected chi connectivity index (χ3v) is 8.50. The molecule has 2 saturated heterocycles. The van der Waals surface area contributed by atoms with E-state index >= 15 is 0 Å². The maximum atomic E-state index is 14.6. The molecule has 1 aromatic heterocycles. The molecule has 230 valence electrons. The second-order valence-electron chi connectivity index (χ2n) is 11.1. The second kappa shape index (κ2) is 12.6. The lowest BCUT2D eigenvalue weighted by atomic mass is 9.76. The van der Waals surface area contributed by atoms with Crippen LogP contribution in [0.25, 0.3) is 11.1 Å². The smallest absolute Gasteiger partial charge is 0.429 e. The molecule has 43 heavy (non-hydrogen) atoms. The minimum atomic E-state index is -4.77. The van der Waals surface area contributed by atoms with E-state index in [2.05, 4.69) is 15.3 Å². The van der Waals surface area contributed by atoms with Gasteiger partial charge in [0.15, 0.2) is 0 Å². The Balaban J connectivity index is 1.38. The largest absolute Gasteiger partial charge is 0.465 e. The predicted octanol–water partition coefficient (Wildman–Crippen LogP) is 6.14. The van der Waals surface area contributed by atoms with Crippen LogP contribution in [0.15, 0.2) is 48.5 Å². The van der Waals surface area contributed by atoms with E-state index in [-0.39, 0.29) is 34.8 Å². The fourth-order valence-electron chi connectivity index (χ4n) is 5.96. The number of aryl methyl sites for hydroxylation is 1. The van der Waals surface area contributed by atoms with Crippen molar-refractivity contribution in [2.24, 2.45) is 5.41 Å². The van der Waals surface area contributed by atoms with Crippen LogP contribution in [0.4, 0.5) is 24.9 Å². The van der Waals surface area contributed by atoms with Gasteiger partial charge in [-0.25, -0.2) is 0 Å². The number of anilines is 2. The Morgan fingerprint density at radius 3 is 2.63 bits per heavy atom. The molecule has 2 fully saturated rings. The Bertz CT molecular complexity index is 1460. The zero-order valence-corrected chi connectivity index (χ0v) is 24.8. The van der Waals surface area contributed by atoms with Crippen molar-refractivity contribution in [2.45, 2.75) is 57.9 Å². The van der Waals surface area contributed by atoms with E-state index in [0.29, 0.717) is 54.6 Å². The van der Waals surface area contributed by atoms with Crippen LogP contribution in [0.5, 0.6) is 5.88 Å². The van der Waals surface area contributed by atoms with Gasteiger partial charge in [-0.05, 0) is 66.8 Å². The number of hydrogen-bond acceptors (Lipinski definition) is 8. The Labute approximate surface area is 253 Å². The average Bonchev–Trinajstić information content (AvgIpc) is 3.39. The number of benzene rings is 2. The van der Waals surface area contributed by atoms with Gasteiger partial charge in [0.05, 0.1) is 6.61 Å². The van der Waals surface area contributed by atoms with Crippen molar-refractivity contribution >= 4 is 29.3 Å². The number of aromatic nitrogens is 2. The van der Waals surface area contributed by atoms with Crippen LogP contribution >= 0.6 is 11.6 Å². The number of esters is 1. The number of halogens is 4. The van der Waals surface area contributed by atoms with E-state index in [9.17, 15) is 18.0 Å². The summed E-state index contributed by atoms with van der Waals surface area (Å²) in [6.45, 7) is 5.96. The summed E-state index contributed by atoms with van der Waals surface area (Å²) in [6, 6.07) is 12.7. The molecule has 1 unspecified atom stereocenters. The van der Waals surface area contributed by atoms with E-state index in [0.717, 1.165) is 24.8 Å². The van der Waals surface area contributed by atoms with Gasteiger partial charge in [0.2, 0.25) is 17.9 Å². The van der Waals surface area contributed by atoms with E-state index < -0.39 is 12.3 Å². The molecule has 0 radical (unpaired) electrons. The highest BCUT2D eigenvalue weighted by atomic mass is 35.5. The number of rotatable bonds is 8. The fraction of sp³-hybridized carbons (Fsp3) is 0.452. The molecule has 2 aliphatic rings. The van der Waals surface area contributed by atoms with Gasteiger partial charge in [0.1, 0.15) is 11.9 Å². The van der Waals surface area contributed by atoms with E-state index in [1.807, 2.05) is 24.0 Å². The molecule has 0 amide bonds. The van der Waals surface area contributed by atoms with Crippen LogP contribution in [-0.2, 0) is 16.0 Å². The highest BCUT2D eigenvalue weighted by Crippen LogP contribution is 2.43. The first-order chi connectivity index (χ1) is 20.5. The standard InChI is InChI=1S/C31H35ClF3N5O3/c1-3-19-6-5-7-20(14-19)23-15-21(32)8-9-22(23)27(31(33,34)35)43-26-16-25(38-29(36)39-26)40-12-10-30(11-13-40)17-24(37-18-30)28(41)42-4-2/h5-9,14-16,24,27,37H,3-4,10-13,17-18H2,1-2H3,(H2,36,38,39)/t24?,27-/m1/s1. The molecule has 2 aromatic carbocycles. The van der Waals surface area contributed by atoms with Gasteiger partial charge >= 0.3 is 12.1 Å². The van der Waals surface area contributed by atoms with Crippen LogP contribution in [0.1, 0.15) is 50.3 Å².